The minimum absolute atomic E-state index is 0.000346. The number of nitrogens with two attached hydrogens (primary N) is 2. The van der Waals surface area contributed by atoms with Crippen LogP contribution in [0.1, 0.15) is 92.6 Å². The van der Waals surface area contributed by atoms with E-state index in [9.17, 15) is 62.1 Å². The number of aliphatic hydroxyl groups excluding tert-OH is 2. The van der Waals surface area contributed by atoms with Crippen LogP contribution in [0.2, 0.25) is 0 Å². The Hall–Kier alpha value is -6.16. The number of fused-ring (bicyclic) bond motifs is 2. The summed E-state index contributed by atoms with van der Waals surface area (Å²) in [4.78, 5) is 120. The van der Waals surface area contributed by atoms with Crippen LogP contribution in [0.3, 0.4) is 0 Å². The molecule has 0 spiro atoms. The fraction of sp³-hybridized carbons (Fsp3) is 0.667. The molecule has 10 atom stereocenters. The molecule has 26 nitrogen and oxygen atoms in total. The third kappa shape index (κ3) is 18.2. The van der Waals surface area contributed by atoms with Gasteiger partial charge in [-0.05, 0) is 80.9 Å². The number of aliphatic hydroxyl groups is 2. The molecule has 2 fully saturated rings. The summed E-state index contributed by atoms with van der Waals surface area (Å²) in [5.74, 6) is -9.72. The Balaban J connectivity index is 2.24. The number of cyclic esters (lactones) is 1. The second kappa shape index (κ2) is 27.0. The molecule has 0 saturated carbocycles. The standard InChI is InChI=1S/C45H72N10O16S/c1-22(2)18-30(51-40(62)33(57)21-70-72(67,68)69)38(60)53-36-25(7)71-44(66)35(24(5)6)52-39(61)31(20-26-11-13-27(56)14-12-26)54(8)43(65)32(19-23(3)4)55-34(58)16-15-29(42(55)64)50-37(59)28(49-41(36)63)10-9-17-48-45(46)47/h11-14,22-25,28-36,56-58H,9-10,15-21H2,1-8H3,(H,49,63)(H,50,59)(H,51,62)(H,52,61)(H,53,60)(H4,46,47,48)(H,67,68,69)/t25-,28+,29+,30-,31-,32+,33-,34+,35-,36+/m1/s1. The first-order valence-corrected chi connectivity index (χ1v) is 25.0. The summed E-state index contributed by atoms with van der Waals surface area (Å²) in [6.07, 6.45) is -6.03. The van der Waals surface area contributed by atoms with Gasteiger partial charge >= 0.3 is 16.4 Å². The summed E-state index contributed by atoms with van der Waals surface area (Å²) in [7, 11) is -3.75. The molecule has 2 bridgehead atoms. The molecule has 2 aliphatic rings. The Bertz CT molecular complexity index is 2230. The first-order chi connectivity index (χ1) is 33.5. The van der Waals surface area contributed by atoms with Crippen molar-refractivity contribution in [2.75, 3.05) is 20.2 Å². The summed E-state index contributed by atoms with van der Waals surface area (Å²) in [5.41, 5.74) is 11.5. The second-order valence-electron chi connectivity index (χ2n) is 19.1. The predicted octanol–water partition coefficient (Wildman–Crippen LogP) is -2.58. The fourth-order valence-electron chi connectivity index (χ4n) is 8.05. The zero-order valence-electron chi connectivity index (χ0n) is 41.8. The van der Waals surface area contributed by atoms with Crippen molar-refractivity contribution >= 4 is 63.7 Å². The van der Waals surface area contributed by atoms with E-state index in [0.717, 1.165) is 9.80 Å². The number of nitrogens with one attached hydrogen (secondary N) is 5. The number of phenols is 1. The van der Waals surface area contributed by atoms with Gasteiger partial charge in [-0.15, -0.1) is 0 Å². The fourth-order valence-corrected chi connectivity index (χ4v) is 8.36. The molecular weight excluding hydrogens is 969 g/mol. The monoisotopic (exact) mass is 1040 g/mol. The highest BCUT2D eigenvalue weighted by Crippen LogP contribution is 2.27. The van der Waals surface area contributed by atoms with Crippen molar-refractivity contribution in [3.05, 3.63) is 29.8 Å². The SMILES string of the molecule is CC(C)C[C@@H](NC(=O)[C@H](O)COS(=O)(=O)O)C(=O)N[C@@H]1C(=O)N[C@@H](CCCN=C(N)N)C(=O)N[C@H]2CC[C@H](O)N(C2=O)[C@@H](CC(C)C)C(=O)N(C)[C@H](Cc2ccc(O)cc2)C(=O)N[C@H](C(C)C)C(=O)O[C@@H]1C. The summed E-state index contributed by atoms with van der Waals surface area (Å²) in [5, 5.41) is 44.2. The highest BCUT2D eigenvalue weighted by Gasteiger charge is 2.46. The van der Waals surface area contributed by atoms with E-state index in [1.165, 1.54) is 38.2 Å². The van der Waals surface area contributed by atoms with Gasteiger partial charge in [-0.1, -0.05) is 53.7 Å². The molecule has 1 aromatic carbocycles. The second-order valence-corrected chi connectivity index (χ2v) is 20.2. The largest absolute Gasteiger partial charge is 0.508 e. The normalized spacial score (nSPS) is 25.0. The number of nitrogens with zero attached hydrogens (tertiary/aromatic N) is 3. The number of likely N-dealkylation sites (N-methyl/N-ethyl adjacent to an activating group) is 1. The molecule has 1 aromatic rings. The molecule has 2 saturated heterocycles. The van der Waals surface area contributed by atoms with Gasteiger partial charge in [0.2, 0.25) is 35.4 Å². The molecule has 13 N–H and O–H groups in total. The molecule has 3 rings (SSSR count). The number of aliphatic imine (C=N–C) groups is 1. The van der Waals surface area contributed by atoms with Crippen molar-refractivity contribution < 1.29 is 75.6 Å². The van der Waals surface area contributed by atoms with E-state index >= 15 is 0 Å². The van der Waals surface area contributed by atoms with E-state index in [2.05, 4.69) is 35.8 Å². The smallest absolute Gasteiger partial charge is 0.397 e. The number of benzene rings is 1. The zero-order chi connectivity index (χ0) is 54.4. The highest BCUT2D eigenvalue weighted by molar-refractivity contribution is 7.80. The molecule has 2 heterocycles. The highest BCUT2D eigenvalue weighted by atomic mass is 32.3. The number of esters is 1. The van der Waals surface area contributed by atoms with Gasteiger partial charge in [0.15, 0.2) is 12.1 Å². The van der Waals surface area contributed by atoms with Crippen LogP contribution in [-0.2, 0) is 64.1 Å². The van der Waals surface area contributed by atoms with Crippen LogP contribution >= 0.6 is 0 Å². The molecule has 0 aliphatic carbocycles. The van der Waals surface area contributed by atoms with Crippen LogP contribution in [0, 0.1) is 17.8 Å². The average Bonchev–Trinajstić information content (AvgIpc) is 3.28. The molecule has 7 amide bonds. The first-order valence-electron chi connectivity index (χ1n) is 23.6. The molecule has 72 heavy (non-hydrogen) atoms. The van der Waals surface area contributed by atoms with Gasteiger partial charge < -0.3 is 67.9 Å². The average molecular weight is 1040 g/mol. The minimum Gasteiger partial charge on any atom is -0.508 e. The van der Waals surface area contributed by atoms with Gasteiger partial charge in [-0.2, -0.15) is 8.42 Å². The Morgan fingerprint density at radius 3 is 2.11 bits per heavy atom. The van der Waals surface area contributed by atoms with Crippen LogP contribution < -0.4 is 38.1 Å². The molecule has 0 radical (unpaired) electrons. The van der Waals surface area contributed by atoms with Crippen molar-refractivity contribution in [1.82, 2.24) is 36.4 Å². The number of amides is 7. The van der Waals surface area contributed by atoms with Crippen LogP contribution in [0.4, 0.5) is 0 Å². The lowest BCUT2D eigenvalue weighted by atomic mass is 9.94. The van der Waals surface area contributed by atoms with Gasteiger partial charge in [-0.25, -0.2) is 8.98 Å². The number of phenolic OH excluding ortho intramolecular Hbond substituents is 1. The van der Waals surface area contributed by atoms with Crippen molar-refractivity contribution in [1.29, 1.82) is 0 Å². The third-order valence-corrected chi connectivity index (χ3v) is 12.3. The van der Waals surface area contributed by atoms with E-state index in [0.29, 0.717) is 5.56 Å². The van der Waals surface area contributed by atoms with Crippen molar-refractivity contribution in [3.8, 4) is 5.75 Å². The Labute approximate surface area is 418 Å². The van der Waals surface area contributed by atoms with Crippen molar-refractivity contribution in [2.45, 2.75) is 154 Å². The minimum atomic E-state index is -5.08. The summed E-state index contributed by atoms with van der Waals surface area (Å²) in [6.45, 7) is 10.00. The number of ether oxygens (including phenoxy) is 1. The number of aromatic hydroxyl groups is 1. The van der Waals surface area contributed by atoms with Gasteiger partial charge in [0.1, 0.15) is 67.0 Å². The van der Waals surface area contributed by atoms with Crippen molar-refractivity contribution in [2.24, 2.45) is 34.2 Å². The van der Waals surface area contributed by atoms with E-state index in [4.69, 9.17) is 20.8 Å². The maximum atomic E-state index is 14.8. The number of piperidine rings is 1. The van der Waals surface area contributed by atoms with E-state index in [1.807, 2.05) is 0 Å². The molecule has 0 aromatic heterocycles. The quantitative estimate of drug-likeness (QED) is 0.0236. The maximum Gasteiger partial charge on any atom is 0.397 e. The molecule has 0 unspecified atom stereocenters. The van der Waals surface area contributed by atoms with Crippen LogP contribution in [0.25, 0.3) is 0 Å². The van der Waals surface area contributed by atoms with Gasteiger partial charge in [0.25, 0.3) is 5.91 Å². The van der Waals surface area contributed by atoms with E-state index < -0.39 is 131 Å². The van der Waals surface area contributed by atoms with Gasteiger partial charge in [0.05, 0.1) is 0 Å². The predicted molar refractivity (Wildman–Crippen MR) is 257 cm³/mol. The van der Waals surface area contributed by atoms with Crippen LogP contribution in [-0.4, -0.2) is 172 Å². The molecule has 2 aliphatic heterocycles. The maximum absolute atomic E-state index is 14.8. The first kappa shape index (κ1) is 60.1. The lowest BCUT2D eigenvalue weighted by molar-refractivity contribution is -0.166. The number of rotatable bonds is 18. The third-order valence-electron chi connectivity index (χ3n) is 11.9. The molecular formula is C45H72N10O16S. The van der Waals surface area contributed by atoms with E-state index in [1.54, 1.807) is 41.5 Å². The number of carbonyl (C=O) groups is 8. The topological polar surface area (TPSA) is 401 Å². The molecule has 404 valence electrons. The van der Waals surface area contributed by atoms with Crippen molar-refractivity contribution in [3.63, 3.8) is 0 Å². The molecule has 27 heteroatoms. The zero-order valence-corrected chi connectivity index (χ0v) is 42.6. The number of hydrogen-bond donors (Lipinski definition) is 11. The lowest BCUT2D eigenvalue weighted by Crippen LogP contribution is -2.65. The summed E-state index contributed by atoms with van der Waals surface area (Å²) in [6, 6.07) is -4.81. The number of guanidine groups is 1. The van der Waals surface area contributed by atoms with Gasteiger partial charge in [-0.3, -0.25) is 43.1 Å². The lowest BCUT2D eigenvalue weighted by Gasteiger charge is -2.43. The Morgan fingerprint density at radius 1 is 0.903 bits per heavy atom. The Kier molecular flexibility index (Phi) is 22.6. The van der Waals surface area contributed by atoms with Crippen LogP contribution in [0.15, 0.2) is 29.3 Å². The van der Waals surface area contributed by atoms with Crippen LogP contribution in [0.5, 0.6) is 5.75 Å². The number of carbonyl (C=O) groups excluding carboxylic acids is 8. The Morgan fingerprint density at radius 2 is 1.54 bits per heavy atom. The number of hydrogen-bond acceptors (Lipinski definition) is 16. The van der Waals surface area contributed by atoms with E-state index in [-0.39, 0.29) is 75.0 Å². The summed E-state index contributed by atoms with van der Waals surface area (Å²) >= 11 is 0. The van der Waals surface area contributed by atoms with Gasteiger partial charge in [0, 0.05) is 20.0 Å². The summed E-state index contributed by atoms with van der Waals surface area (Å²) < 4.78 is 41.0.